The monoisotopic (exact) mass is 274 g/mol. The third-order valence-electron chi connectivity index (χ3n) is 4.54. The number of nitrogens with two attached hydrogens (primary N) is 1. The average Bonchev–Trinajstić information content (AvgIpc) is 2.68. The molecule has 0 spiro atoms. The molecule has 2 aliphatic rings. The van der Waals surface area contributed by atoms with Crippen molar-refractivity contribution in [1.29, 1.82) is 0 Å². The highest BCUT2D eigenvalue weighted by Gasteiger charge is 2.40. The number of anilines is 1. The first-order valence-corrected chi connectivity index (χ1v) is 7.34. The molecule has 5 nitrogen and oxygen atoms in total. The normalized spacial score (nSPS) is 26.2. The van der Waals surface area contributed by atoms with Gasteiger partial charge in [0.05, 0.1) is 11.9 Å². The van der Waals surface area contributed by atoms with E-state index in [1.807, 2.05) is 6.07 Å². The molecular formula is C15H22N4O. The molecule has 2 saturated heterocycles. The first-order chi connectivity index (χ1) is 9.56. The molecule has 20 heavy (non-hydrogen) atoms. The number of nitrogens with zero attached hydrogens (tertiary/aromatic N) is 3. The molecule has 1 amide bonds. The van der Waals surface area contributed by atoms with Crippen LogP contribution in [0, 0.1) is 0 Å². The molecule has 0 radical (unpaired) electrons. The fourth-order valence-corrected chi connectivity index (χ4v) is 3.46. The number of pyridine rings is 1. The van der Waals surface area contributed by atoms with Gasteiger partial charge in [0.1, 0.15) is 5.69 Å². The third-order valence-corrected chi connectivity index (χ3v) is 4.54. The van der Waals surface area contributed by atoms with Gasteiger partial charge in [0, 0.05) is 31.2 Å². The molecule has 2 fully saturated rings. The van der Waals surface area contributed by atoms with Gasteiger partial charge in [-0.25, -0.2) is 4.98 Å². The number of hydrogen-bond acceptors (Lipinski definition) is 4. The van der Waals surface area contributed by atoms with E-state index in [2.05, 4.69) is 28.6 Å². The summed E-state index contributed by atoms with van der Waals surface area (Å²) in [5.41, 5.74) is 6.69. The summed E-state index contributed by atoms with van der Waals surface area (Å²) in [5, 5.41) is 0. The van der Waals surface area contributed by atoms with E-state index in [1.54, 1.807) is 12.3 Å². The summed E-state index contributed by atoms with van der Waals surface area (Å²) in [6, 6.07) is 5.44. The summed E-state index contributed by atoms with van der Waals surface area (Å²) in [5.74, 6) is -0.468. The zero-order valence-corrected chi connectivity index (χ0v) is 12.1. The van der Waals surface area contributed by atoms with Crippen LogP contribution in [0.5, 0.6) is 0 Å². The average molecular weight is 274 g/mol. The van der Waals surface area contributed by atoms with E-state index in [0.29, 0.717) is 23.8 Å². The molecule has 3 rings (SSSR count). The summed E-state index contributed by atoms with van der Waals surface area (Å²) in [6.07, 6.45) is 4.27. The van der Waals surface area contributed by atoms with Crippen LogP contribution in [-0.4, -0.2) is 47.0 Å². The second-order valence-electron chi connectivity index (χ2n) is 6.11. The Bertz CT molecular complexity index is 485. The second-order valence-corrected chi connectivity index (χ2v) is 6.11. The van der Waals surface area contributed by atoms with Crippen LogP contribution < -0.4 is 10.6 Å². The highest BCUT2D eigenvalue weighted by atomic mass is 16.1. The van der Waals surface area contributed by atoms with Crippen molar-refractivity contribution in [2.45, 2.75) is 44.8 Å². The molecule has 2 aliphatic heterocycles. The number of rotatable bonds is 3. The van der Waals surface area contributed by atoms with Crippen molar-refractivity contribution in [3.8, 4) is 0 Å². The van der Waals surface area contributed by atoms with Crippen LogP contribution in [0.4, 0.5) is 5.69 Å². The Kier molecular flexibility index (Phi) is 3.38. The molecule has 0 aliphatic carbocycles. The van der Waals surface area contributed by atoms with Gasteiger partial charge in [0.2, 0.25) is 0 Å². The topological polar surface area (TPSA) is 62.5 Å². The summed E-state index contributed by atoms with van der Waals surface area (Å²) in [7, 11) is 0. The maximum Gasteiger partial charge on any atom is 0.267 e. The molecule has 108 valence electrons. The lowest BCUT2D eigenvalue weighted by atomic mass is 10.1. The molecule has 5 heteroatoms. The molecule has 0 saturated carbocycles. The van der Waals surface area contributed by atoms with Gasteiger partial charge >= 0.3 is 0 Å². The van der Waals surface area contributed by atoms with Gasteiger partial charge in [-0.1, -0.05) is 0 Å². The van der Waals surface area contributed by atoms with Gasteiger partial charge in [-0.15, -0.1) is 0 Å². The van der Waals surface area contributed by atoms with Crippen LogP contribution in [0.2, 0.25) is 0 Å². The van der Waals surface area contributed by atoms with Crippen LogP contribution in [0.3, 0.4) is 0 Å². The number of aromatic nitrogens is 1. The van der Waals surface area contributed by atoms with Crippen molar-refractivity contribution in [1.82, 2.24) is 9.88 Å². The van der Waals surface area contributed by atoms with Crippen molar-refractivity contribution < 1.29 is 4.79 Å². The lowest BCUT2D eigenvalue weighted by Crippen LogP contribution is -2.55. The molecular weight excluding hydrogens is 252 g/mol. The Hall–Kier alpha value is -1.62. The Labute approximate surface area is 119 Å². The van der Waals surface area contributed by atoms with E-state index in [4.69, 9.17) is 5.73 Å². The van der Waals surface area contributed by atoms with E-state index >= 15 is 0 Å². The Balaban J connectivity index is 1.80. The quantitative estimate of drug-likeness (QED) is 0.901. The predicted molar refractivity (Wildman–Crippen MR) is 78.8 cm³/mol. The highest BCUT2D eigenvalue weighted by molar-refractivity contribution is 5.90. The number of hydrogen-bond donors (Lipinski definition) is 1. The van der Waals surface area contributed by atoms with Gasteiger partial charge in [-0.3, -0.25) is 9.69 Å². The minimum absolute atomic E-state index is 0.335. The maximum atomic E-state index is 11.1. The molecule has 2 N–H and O–H groups in total. The van der Waals surface area contributed by atoms with E-state index in [0.717, 1.165) is 18.8 Å². The predicted octanol–water partition coefficient (Wildman–Crippen LogP) is 1.24. The summed E-state index contributed by atoms with van der Waals surface area (Å²) in [4.78, 5) is 20.3. The number of likely N-dealkylation sites (tertiary alicyclic amines) is 1. The number of piperazine rings is 1. The number of fused-ring (bicyclic) bond motifs is 2. The van der Waals surface area contributed by atoms with Crippen LogP contribution in [0.15, 0.2) is 18.3 Å². The molecule has 2 unspecified atom stereocenters. The first kappa shape index (κ1) is 13.4. The van der Waals surface area contributed by atoms with E-state index < -0.39 is 5.91 Å². The standard InChI is InChI=1S/C15H22N4O/c1-10(2)18-8-12-3-4-13(9-18)19(12)11-5-6-14(15(16)20)17-7-11/h5-7,10,12-13H,3-4,8-9H2,1-2H3,(H2,16,20). The number of carbonyl (C=O) groups excluding carboxylic acids is 1. The van der Waals surface area contributed by atoms with E-state index in [-0.39, 0.29) is 0 Å². The fraction of sp³-hybridized carbons (Fsp3) is 0.600. The van der Waals surface area contributed by atoms with Crippen LogP contribution >= 0.6 is 0 Å². The zero-order valence-electron chi connectivity index (χ0n) is 12.1. The zero-order chi connectivity index (χ0) is 14.3. The Morgan fingerprint density at radius 2 is 1.95 bits per heavy atom. The van der Waals surface area contributed by atoms with Gasteiger partial charge < -0.3 is 10.6 Å². The van der Waals surface area contributed by atoms with Gasteiger partial charge in [0.15, 0.2) is 0 Å². The SMILES string of the molecule is CC(C)N1CC2CCC(C1)N2c1ccc(C(N)=O)nc1. The van der Waals surface area contributed by atoms with Crippen LogP contribution in [0.25, 0.3) is 0 Å². The second kappa shape index (κ2) is 5.05. The smallest absolute Gasteiger partial charge is 0.267 e. The Morgan fingerprint density at radius 3 is 2.40 bits per heavy atom. The molecule has 1 aromatic heterocycles. The summed E-state index contributed by atoms with van der Waals surface area (Å²) < 4.78 is 0. The molecule has 2 atom stereocenters. The number of amides is 1. The van der Waals surface area contributed by atoms with Crippen molar-refractivity contribution in [2.75, 3.05) is 18.0 Å². The number of carbonyl (C=O) groups is 1. The fourth-order valence-electron chi connectivity index (χ4n) is 3.46. The van der Waals surface area contributed by atoms with Crippen molar-refractivity contribution >= 4 is 11.6 Å². The van der Waals surface area contributed by atoms with Crippen molar-refractivity contribution in [3.05, 3.63) is 24.0 Å². The van der Waals surface area contributed by atoms with Crippen LogP contribution in [-0.2, 0) is 0 Å². The Morgan fingerprint density at radius 1 is 1.30 bits per heavy atom. The first-order valence-electron chi connectivity index (χ1n) is 7.34. The summed E-state index contributed by atoms with van der Waals surface area (Å²) >= 11 is 0. The number of primary amides is 1. The lowest BCUT2D eigenvalue weighted by Gasteiger charge is -2.44. The van der Waals surface area contributed by atoms with Crippen molar-refractivity contribution in [2.24, 2.45) is 5.73 Å². The van der Waals surface area contributed by atoms with Crippen molar-refractivity contribution in [3.63, 3.8) is 0 Å². The highest BCUT2D eigenvalue weighted by Crippen LogP contribution is 2.35. The minimum Gasteiger partial charge on any atom is -0.364 e. The largest absolute Gasteiger partial charge is 0.364 e. The van der Waals surface area contributed by atoms with Gasteiger partial charge in [-0.2, -0.15) is 0 Å². The molecule has 1 aromatic rings. The molecule has 0 aromatic carbocycles. The minimum atomic E-state index is -0.468. The van der Waals surface area contributed by atoms with Gasteiger partial charge in [-0.05, 0) is 38.8 Å². The van der Waals surface area contributed by atoms with Crippen LogP contribution in [0.1, 0.15) is 37.2 Å². The summed E-state index contributed by atoms with van der Waals surface area (Å²) in [6.45, 7) is 6.76. The molecule has 2 bridgehead atoms. The van der Waals surface area contributed by atoms with E-state index in [9.17, 15) is 4.79 Å². The molecule has 3 heterocycles. The maximum absolute atomic E-state index is 11.1. The van der Waals surface area contributed by atoms with E-state index in [1.165, 1.54) is 12.8 Å². The van der Waals surface area contributed by atoms with Gasteiger partial charge in [0.25, 0.3) is 5.91 Å². The third kappa shape index (κ3) is 2.26. The lowest BCUT2D eigenvalue weighted by molar-refractivity contribution is 0.0995.